The molecule has 0 aliphatic carbocycles. The first-order valence-corrected chi connectivity index (χ1v) is 11.9. The first-order chi connectivity index (χ1) is 16.2. The van der Waals surface area contributed by atoms with Crippen molar-refractivity contribution in [2.24, 2.45) is 0 Å². The number of pyridine rings is 1. The second-order valence-corrected chi connectivity index (χ2v) is 10.1. The average molecular weight is 490 g/mol. The molecule has 2 fully saturated rings. The number of ether oxygens (including phenoxy) is 1. The summed E-state index contributed by atoms with van der Waals surface area (Å²) in [5.41, 5.74) is 0.0754. The molecule has 8 nitrogen and oxygen atoms in total. The summed E-state index contributed by atoms with van der Waals surface area (Å²) in [6, 6.07) is 3.90. The number of hydrogen-bond donors (Lipinski definition) is 2. The third kappa shape index (κ3) is 3.76. The summed E-state index contributed by atoms with van der Waals surface area (Å²) in [4.78, 5) is 24.7. The maximum absolute atomic E-state index is 14.9. The Kier molecular flexibility index (Phi) is 5.82. The Morgan fingerprint density at radius 1 is 1.26 bits per heavy atom. The Labute approximate surface area is 203 Å². The highest BCUT2D eigenvalue weighted by molar-refractivity contribution is 6.35. The van der Waals surface area contributed by atoms with Gasteiger partial charge in [0.15, 0.2) is 5.75 Å². The fraction of sp³-hybridized carbons (Fsp3) is 0.500. The van der Waals surface area contributed by atoms with Crippen LogP contribution in [0.15, 0.2) is 18.2 Å². The highest BCUT2D eigenvalue weighted by Gasteiger charge is 2.41. The van der Waals surface area contributed by atoms with E-state index < -0.39 is 5.82 Å². The molecule has 5 rings (SSSR count). The zero-order chi connectivity index (χ0) is 24.2. The predicted octanol–water partition coefficient (Wildman–Crippen LogP) is 2.58. The van der Waals surface area contributed by atoms with E-state index in [1.54, 1.807) is 0 Å². The second kappa shape index (κ2) is 8.55. The molecule has 3 aliphatic heterocycles. The summed E-state index contributed by atoms with van der Waals surface area (Å²) in [5, 5.41) is 13.8. The Hall–Kier alpha value is -2.62. The number of amides is 1. The first-order valence-electron chi connectivity index (χ1n) is 11.5. The minimum Gasteiger partial charge on any atom is -0.507 e. The highest BCUT2D eigenvalue weighted by atomic mass is 35.5. The van der Waals surface area contributed by atoms with E-state index in [0.717, 1.165) is 6.54 Å². The zero-order valence-electron chi connectivity index (χ0n) is 19.6. The van der Waals surface area contributed by atoms with Crippen LogP contribution in [0.5, 0.6) is 11.5 Å². The Morgan fingerprint density at radius 2 is 2.06 bits per heavy atom. The van der Waals surface area contributed by atoms with Crippen molar-refractivity contribution >= 4 is 23.3 Å². The molecule has 0 bridgehead atoms. The van der Waals surface area contributed by atoms with E-state index in [0.29, 0.717) is 44.1 Å². The van der Waals surface area contributed by atoms with Gasteiger partial charge in [0, 0.05) is 44.8 Å². The molecule has 0 spiro atoms. The number of carbonyl (C=O) groups is 1. The molecule has 1 unspecified atom stereocenters. The molecule has 0 radical (unpaired) electrons. The van der Waals surface area contributed by atoms with Gasteiger partial charge in [-0.2, -0.15) is 0 Å². The van der Waals surface area contributed by atoms with Crippen LogP contribution >= 0.6 is 11.6 Å². The van der Waals surface area contributed by atoms with Gasteiger partial charge in [0.25, 0.3) is 5.91 Å². The molecule has 3 aliphatic rings. The number of piperazine rings is 2. The van der Waals surface area contributed by atoms with E-state index in [2.05, 4.69) is 31.1 Å². The van der Waals surface area contributed by atoms with Crippen molar-refractivity contribution in [2.45, 2.75) is 25.4 Å². The smallest absolute Gasteiger partial charge is 0.261 e. The van der Waals surface area contributed by atoms with Gasteiger partial charge in [-0.05, 0) is 33.0 Å². The van der Waals surface area contributed by atoms with Crippen LogP contribution in [0.3, 0.4) is 0 Å². The van der Waals surface area contributed by atoms with Crippen molar-refractivity contribution < 1.29 is 19.0 Å². The molecule has 10 heteroatoms. The van der Waals surface area contributed by atoms with Gasteiger partial charge in [-0.25, -0.2) is 9.37 Å². The predicted molar refractivity (Wildman–Crippen MR) is 128 cm³/mol. The number of likely N-dealkylation sites (N-methyl/N-ethyl adjacent to an activating group) is 1. The van der Waals surface area contributed by atoms with Gasteiger partial charge in [0.1, 0.15) is 40.3 Å². The number of aromatic hydroxyl groups is 1. The van der Waals surface area contributed by atoms with Crippen LogP contribution in [0.1, 0.15) is 24.2 Å². The third-order valence-electron chi connectivity index (χ3n) is 7.17. The number of carbonyl (C=O) groups excluding carboxylic acids is 1. The van der Waals surface area contributed by atoms with Crippen LogP contribution in [-0.2, 0) is 0 Å². The van der Waals surface area contributed by atoms with Crippen LogP contribution < -0.4 is 15.0 Å². The van der Waals surface area contributed by atoms with E-state index in [4.69, 9.17) is 21.3 Å². The monoisotopic (exact) mass is 489 g/mol. The Bertz CT molecular complexity index is 1120. The van der Waals surface area contributed by atoms with E-state index >= 15 is 0 Å². The molecule has 2 N–H and O–H groups in total. The molecule has 34 heavy (non-hydrogen) atoms. The quantitative estimate of drug-likeness (QED) is 0.671. The summed E-state index contributed by atoms with van der Waals surface area (Å²) in [7, 11) is 2.07. The van der Waals surface area contributed by atoms with Gasteiger partial charge in [-0.3, -0.25) is 9.69 Å². The number of aromatic nitrogens is 1. The maximum Gasteiger partial charge on any atom is 0.261 e. The third-order valence-corrected chi connectivity index (χ3v) is 7.52. The van der Waals surface area contributed by atoms with Crippen molar-refractivity contribution in [1.82, 2.24) is 20.1 Å². The summed E-state index contributed by atoms with van der Waals surface area (Å²) in [6.45, 7) is 8.36. The normalized spacial score (nSPS) is 22.6. The number of phenols is 1. The van der Waals surface area contributed by atoms with Gasteiger partial charge in [0.05, 0.1) is 11.6 Å². The molecule has 1 aromatic carbocycles. The van der Waals surface area contributed by atoms with Crippen molar-refractivity contribution in [3.63, 3.8) is 0 Å². The van der Waals surface area contributed by atoms with Crippen molar-refractivity contribution in [3.8, 4) is 22.8 Å². The summed E-state index contributed by atoms with van der Waals surface area (Å²) < 4.78 is 21.0. The minimum atomic E-state index is -0.652. The zero-order valence-corrected chi connectivity index (χ0v) is 20.3. The van der Waals surface area contributed by atoms with Gasteiger partial charge in [-0.15, -0.1) is 0 Å². The summed E-state index contributed by atoms with van der Waals surface area (Å²) in [5.74, 6) is -0.520. The fourth-order valence-electron chi connectivity index (χ4n) is 4.92. The molecular weight excluding hydrogens is 461 g/mol. The van der Waals surface area contributed by atoms with E-state index in [1.165, 1.54) is 18.2 Å². The Morgan fingerprint density at radius 3 is 2.79 bits per heavy atom. The van der Waals surface area contributed by atoms with Crippen LogP contribution in [0.4, 0.5) is 10.2 Å². The van der Waals surface area contributed by atoms with E-state index in [1.807, 2.05) is 9.80 Å². The topological polar surface area (TPSA) is 81.2 Å². The minimum absolute atomic E-state index is 0.0219. The number of rotatable bonds is 2. The lowest BCUT2D eigenvalue weighted by Crippen LogP contribution is -2.58. The standard InChI is InChI=1S/C24H29ClFN5O3/c1-24(2)13-30(10-9-29(24)3)22-18-21(34-12-14-11-27-7-8-31(14)23(18)33)19(25)20(28-22)17-15(26)5-4-6-16(17)32/h4-6,14,27,32H,7-13H2,1-3H3. The van der Waals surface area contributed by atoms with Crippen LogP contribution in [0.2, 0.25) is 5.02 Å². The number of phenolic OH excluding ortho intramolecular Hbond substituents is 1. The molecule has 2 aromatic rings. The number of fused-ring (bicyclic) bond motifs is 2. The lowest BCUT2D eigenvalue weighted by atomic mass is 9.98. The molecule has 1 aromatic heterocycles. The second-order valence-electron chi connectivity index (χ2n) is 9.76. The number of hydrogen-bond acceptors (Lipinski definition) is 7. The lowest BCUT2D eigenvalue weighted by Gasteiger charge is -2.46. The molecule has 4 heterocycles. The molecule has 1 amide bonds. The largest absolute Gasteiger partial charge is 0.507 e. The molecule has 0 saturated carbocycles. The van der Waals surface area contributed by atoms with E-state index in [9.17, 15) is 14.3 Å². The number of halogens is 2. The van der Waals surface area contributed by atoms with Crippen LogP contribution in [0.25, 0.3) is 11.3 Å². The average Bonchev–Trinajstić information content (AvgIpc) is 2.94. The molecule has 182 valence electrons. The SMILES string of the molecule is CN1CCN(c2nc(-c3c(O)cccc3F)c(Cl)c3c2C(=O)N2CCNCC2CO3)CC1(C)C. The van der Waals surface area contributed by atoms with Gasteiger partial charge in [0.2, 0.25) is 0 Å². The number of nitrogens with zero attached hydrogens (tertiary/aromatic N) is 4. The van der Waals surface area contributed by atoms with Crippen molar-refractivity contribution in [3.05, 3.63) is 34.6 Å². The molecule has 1 atom stereocenters. The van der Waals surface area contributed by atoms with Gasteiger partial charge < -0.3 is 25.0 Å². The van der Waals surface area contributed by atoms with E-state index in [-0.39, 0.29) is 51.9 Å². The number of nitrogens with one attached hydrogen (secondary N) is 1. The maximum atomic E-state index is 14.9. The summed E-state index contributed by atoms with van der Waals surface area (Å²) >= 11 is 6.75. The molecule has 2 saturated heterocycles. The van der Waals surface area contributed by atoms with Gasteiger partial charge in [-0.1, -0.05) is 17.7 Å². The lowest BCUT2D eigenvalue weighted by molar-refractivity contribution is 0.0606. The summed E-state index contributed by atoms with van der Waals surface area (Å²) in [6.07, 6.45) is 0. The fourth-order valence-corrected chi connectivity index (χ4v) is 5.21. The van der Waals surface area contributed by atoms with Crippen LogP contribution in [0, 0.1) is 5.82 Å². The highest BCUT2D eigenvalue weighted by Crippen LogP contribution is 2.46. The van der Waals surface area contributed by atoms with Gasteiger partial charge >= 0.3 is 0 Å². The first kappa shape index (κ1) is 23.1. The number of anilines is 1. The molecular formula is C24H29ClFN5O3. The Balaban J connectivity index is 1.73. The number of benzene rings is 1. The van der Waals surface area contributed by atoms with Crippen molar-refractivity contribution in [2.75, 3.05) is 57.8 Å². The van der Waals surface area contributed by atoms with Crippen molar-refractivity contribution in [1.29, 1.82) is 0 Å². The van der Waals surface area contributed by atoms with Crippen LogP contribution in [-0.4, -0.2) is 90.3 Å².